The van der Waals surface area contributed by atoms with Crippen LogP contribution in [0.3, 0.4) is 0 Å². The van der Waals surface area contributed by atoms with E-state index in [1.54, 1.807) is 0 Å². The van der Waals surface area contributed by atoms with Crippen LogP contribution < -0.4 is 0 Å². The van der Waals surface area contributed by atoms with Crippen molar-refractivity contribution in [1.29, 1.82) is 0 Å². The summed E-state index contributed by atoms with van der Waals surface area (Å²) in [5.74, 6) is -5.95. The van der Waals surface area contributed by atoms with Gasteiger partial charge in [-0.3, -0.25) is 4.79 Å². The van der Waals surface area contributed by atoms with Gasteiger partial charge in [-0.1, -0.05) is 11.6 Å². The standard InChI is InChI=1S/C4ClF7O/c5-3(9,4(10,11)12)2(7,8)1(6)13. The molecule has 78 valence electrons. The molecule has 0 saturated carbocycles. The summed E-state index contributed by atoms with van der Waals surface area (Å²) in [6.45, 7) is 0. The molecular weight excluding hydrogens is 232 g/mol. The first-order chi connectivity index (χ1) is 5.44. The maximum Gasteiger partial charge on any atom is 0.443 e. The van der Waals surface area contributed by atoms with Crippen molar-refractivity contribution in [3.8, 4) is 0 Å². The average Bonchev–Trinajstić information content (AvgIpc) is 1.84. The normalized spacial score (nSPS) is 18.2. The minimum absolute atomic E-state index is 3.70. The zero-order valence-corrected chi connectivity index (χ0v) is 6.19. The van der Waals surface area contributed by atoms with E-state index in [4.69, 9.17) is 0 Å². The highest BCUT2D eigenvalue weighted by Gasteiger charge is 2.74. The molecule has 0 aromatic carbocycles. The van der Waals surface area contributed by atoms with E-state index in [1.807, 2.05) is 0 Å². The van der Waals surface area contributed by atoms with Crippen molar-refractivity contribution < 1.29 is 35.5 Å². The molecule has 0 aromatic heterocycles. The van der Waals surface area contributed by atoms with Gasteiger partial charge in [0.05, 0.1) is 0 Å². The summed E-state index contributed by atoms with van der Waals surface area (Å²) < 4.78 is 81.2. The van der Waals surface area contributed by atoms with Crippen LogP contribution in [0.5, 0.6) is 0 Å². The second kappa shape index (κ2) is 3.00. The average molecular weight is 232 g/mol. The van der Waals surface area contributed by atoms with Crippen LogP contribution in [0.15, 0.2) is 0 Å². The lowest BCUT2D eigenvalue weighted by Gasteiger charge is -2.25. The Morgan fingerprint density at radius 2 is 1.31 bits per heavy atom. The first kappa shape index (κ1) is 12.5. The van der Waals surface area contributed by atoms with Crippen LogP contribution in [-0.4, -0.2) is 23.3 Å². The van der Waals surface area contributed by atoms with Crippen LogP contribution in [0.1, 0.15) is 0 Å². The monoisotopic (exact) mass is 232 g/mol. The lowest BCUT2D eigenvalue weighted by molar-refractivity contribution is -0.262. The Hall–Kier alpha value is -0.530. The van der Waals surface area contributed by atoms with Crippen LogP contribution in [0.4, 0.5) is 30.7 Å². The van der Waals surface area contributed by atoms with Crippen LogP contribution in [0.2, 0.25) is 0 Å². The molecular formula is C4ClF7O. The number of hydrogen-bond acceptors (Lipinski definition) is 1. The van der Waals surface area contributed by atoms with Gasteiger partial charge in [-0.15, -0.1) is 0 Å². The quantitative estimate of drug-likeness (QED) is 0.406. The van der Waals surface area contributed by atoms with Gasteiger partial charge in [0.1, 0.15) is 0 Å². The second-order valence-electron chi connectivity index (χ2n) is 1.92. The lowest BCUT2D eigenvalue weighted by Crippen LogP contribution is -2.54. The summed E-state index contributed by atoms with van der Waals surface area (Å²) in [7, 11) is 0. The molecule has 0 spiro atoms. The van der Waals surface area contributed by atoms with Gasteiger partial charge in [0.2, 0.25) is 0 Å². The van der Waals surface area contributed by atoms with E-state index in [2.05, 4.69) is 11.6 Å². The summed E-state index contributed by atoms with van der Waals surface area (Å²) in [6, 6.07) is -3.79. The second-order valence-corrected chi connectivity index (χ2v) is 2.44. The maximum absolute atomic E-state index is 12.1. The van der Waals surface area contributed by atoms with Crippen molar-refractivity contribution in [3.63, 3.8) is 0 Å². The minimum atomic E-state index is -6.25. The molecule has 0 aliphatic carbocycles. The molecule has 1 atom stereocenters. The van der Waals surface area contributed by atoms with Crippen molar-refractivity contribution >= 4 is 17.6 Å². The minimum Gasteiger partial charge on any atom is -0.254 e. The largest absolute Gasteiger partial charge is 0.443 e. The number of alkyl halides is 7. The Bertz CT molecular complexity index is 219. The zero-order valence-electron chi connectivity index (χ0n) is 5.43. The summed E-state index contributed by atoms with van der Waals surface area (Å²) in [5.41, 5.74) is 0. The molecule has 0 amide bonds. The van der Waals surface area contributed by atoms with E-state index in [1.165, 1.54) is 0 Å². The molecule has 0 rings (SSSR count). The first-order valence-corrected chi connectivity index (χ1v) is 2.84. The fourth-order valence-electron chi connectivity index (χ4n) is 0.301. The molecule has 0 N–H and O–H groups in total. The summed E-state index contributed by atoms with van der Waals surface area (Å²) in [5, 5.41) is -5.73. The van der Waals surface area contributed by atoms with Crippen molar-refractivity contribution in [2.75, 3.05) is 0 Å². The number of carbonyl (C=O) groups excluding carboxylic acids is 1. The van der Waals surface area contributed by atoms with Crippen LogP contribution >= 0.6 is 11.6 Å². The smallest absolute Gasteiger partial charge is 0.254 e. The SMILES string of the molecule is O=C(F)C(F)(F)C(F)(Cl)C(F)(F)F. The van der Waals surface area contributed by atoms with Gasteiger partial charge in [0, 0.05) is 0 Å². The Kier molecular flexibility index (Phi) is 2.88. The third-order valence-corrected chi connectivity index (χ3v) is 1.45. The van der Waals surface area contributed by atoms with Gasteiger partial charge >= 0.3 is 23.3 Å². The Morgan fingerprint density at radius 1 is 1.00 bits per heavy atom. The number of carbonyl (C=O) groups is 1. The van der Waals surface area contributed by atoms with E-state index in [9.17, 15) is 35.5 Å². The number of rotatable bonds is 2. The molecule has 0 aliphatic heterocycles. The lowest BCUT2D eigenvalue weighted by atomic mass is 10.2. The molecule has 13 heavy (non-hydrogen) atoms. The summed E-state index contributed by atoms with van der Waals surface area (Å²) in [4.78, 5) is 9.32. The predicted molar refractivity (Wildman–Crippen MR) is 26.8 cm³/mol. The van der Waals surface area contributed by atoms with Crippen molar-refractivity contribution in [2.24, 2.45) is 0 Å². The van der Waals surface area contributed by atoms with Gasteiger partial charge in [-0.05, 0) is 0 Å². The third-order valence-electron chi connectivity index (χ3n) is 0.997. The molecule has 0 radical (unpaired) electrons. The molecule has 9 heteroatoms. The van der Waals surface area contributed by atoms with E-state index in [0.29, 0.717) is 0 Å². The van der Waals surface area contributed by atoms with Gasteiger partial charge in [-0.2, -0.15) is 26.3 Å². The van der Waals surface area contributed by atoms with Crippen molar-refractivity contribution in [3.05, 3.63) is 0 Å². The molecule has 0 aliphatic rings. The van der Waals surface area contributed by atoms with Crippen molar-refractivity contribution in [2.45, 2.75) is 17.2 Å². The topological polar surface area (TPSA) is 17.1 Å². The van der Waals surface area contributed by atoms with Gasteiger partial charge in [0.15, 0.2) is 0 Å². The molecule has 0 saturated heterocycles. The van der Waals surface area contributed by atoms with Crippen LogP contribution in [0.25, 0.3) is 0 Å². The maximum atomic E-state index is 12.1. The molecule has 0 heterocycles. The third kappa shape index (κ3) is 1.87. The molecule has 1 nitrogen and oxygen atoms in total. The van der Waals surface area contributed by atoms with Gasteiger partial charge in [-0.25, -0.2) is 4.39 Å². The van der Waals surface area contributed by atoms with E-state index >= 15 is 0 Å². The summed E-state index contributed by atoms with van der Waals surface area (Å²) in [6.07, 6.45) is -6.25. The molecule has 1 unspecified atom stereocenters. The molecule has 0 fully saturated rings. The van der Waals surface area contributed by atoms with Crippen LogP contribution in [0, 0.1) is 0 Å². The number of halogens is 8. The highest BCUT2D eigenvalue weighted by molar-refractivity contribution is 6.25. The van der Waals surface area contributed by atoms with Crippen LogP contribution in [-0.2, 0) is 4.79 Å². The van der Waals surface area contributed by atoms with E-state index in [-0.39, 0.29) is 0 Å². The fraction of sp³-hybridized carbons (Fsp3) is 0.750. The van der Waals surface area contributed by atoms with Gasteiger partial charge < -0.3 is 0 Å². The first-order valence-electron chi connectivity index (χ1n) is 2.47. The Morgan fingerprint density at radius 3 is 1.38 bits per heavy atom. The highest BCUT2D eigenvalue weighted by atomic mass is 35.5. The number of hydrogen-bond donors (Lipinski definition) is 0. The zero-order chi connectivity index (χ0) is 11.1. The molecule has 0 bridgehead atoms. The Labute approximate surface area is 71.5 Å². The van der Waals surface area contributed by atoms with Crippen molar-refractivity contribution in [1.82, 2.24) is 0 Å². The van der Waals surface area contributed by atoms with E-state index < -0.39 is 23.3 Å². The predicted octanol–water partition coefficient (Wildman–Crippen LogP) is 2.58. The Balaban J connectivity index is 5.16. The summed E-state index contributed by atoms with van der Waals surface area (Å²) >= 11 is 3.70. The van der Waals surface area contributed by atoms with E-state index in [0.717, 1.165) is 0 Å². The molecule has 0 aromatic rings. The fourth-order valence-corrected chi connectivity index (χ4v) is 0.376. The van der Waals surface area contributed by atoms with Gasteiger partial charge in [0.25, 0.3) is 0 Å². The highest BCUT2D eigenvalue weighted by Crippen LogP contribution is 2.48.